The maximum atomic E-state index is 12.7. The van der Waals surface area contributed by atoms with Crippen molar-refractivity contribution in [2.24, 2.45) is 5.92 Å². The number of para-hydroxylation sites is 2. The summed E-state index contributed by atoms with van der Waals surface area (Å²) in [6.45, 7) is 5.24. The number of carbonyl (C=O) groups is 2. The number of amides is 2. The third kappa shape index (κ3) is 6.48. The number of hydrogen-bond donors (Lipinski definition) is 2. The van der Waals surface area contributed by atoms with Crippen LogP contribution in [0.15, 0.2) is 48.5 Å². The van der Waals surface area contributed by atoms with E-state index in [1.165, 1.54) is 0 Å². The molecule has 2 fully saturated rings. The first-order valence-corrected chi connectivity index (χ1v) is 11.8. The van der Waals surface area contributed by atoms with Crippen LogP contribution in [0.5, 0.6) is 5.75 Å². The Hall–Kier alpha value is -3.06. The van der Waals surface area contributed by atoms with Crippen LogP contribution in [0.3, 0.4) is 0 Å². The molecule has 0 radical (unpaired) electrons. The van der Waals surface area contributed by atoms with Gasteiger partial charge in [-0.2, -0.15) is 0 Å². The lowest BCUT2D eigenvalue weighted by molar-refractivity contribution is -0.114. The minimum Gasteiger partial charge on any atom is -0.489 e. The summed E-state index contributed by atoms with van der Waals surface area (Å²) < 4.78 is 11.5. The van der Waals surface area contributed by atoms with E-state index in [1.54, 1.807) is 0 Å². The van der Waals surface area contributed by atoms with E-state index in [9.17, 15) is 9.59 Å². The first-order valence-electron chi connectivity index (χ1n) is 11.8. The standard InChI is InChI=1S/C26H33N3O4/c1-19-12-14-29(15-13-19)26(31)20-8-10-21(11-9-20)27-17-25(30)28-23-6-2-3-7-24(23)33-18-22-5-4-16-32-22/h2-3,6-11,19,22,27H,4-5,12-18H2,1H3,(H,28,30). The van der Waals surface area contributed by atoms with E-state index in [0.717, 1.165) is 51.1 Å². The van der Waals surface area contributed by atoms with Gasteiger partial charge in [-0.3, -0.25) is 9.59 Å². The van der Waals surface area contributed by atoms with Gasteiger partial charge in [0.05, 0.1) is 18.3 Å². The third-order valence-corrected chi connectivity index (χ3v) is 6.27. The molecule has 2 aromatic carbocycles. The fourth-order valence-corrected chi connectivity index (χ4v) is 4.16. The quantitative estimate of drug-likeness (QED) is 0.630. The molecule has 33 heavy (non-hydrogen) atoms. The van der Waals surface area contributed by atoms with Gasteiger partial charge in [0.15, 0.2) is 0 Å². The molecule has 7 heteroatoms. The van der Waals surface area contributed by atoms with Crippen molar-refractivity contribution in [3.63, 3.8) is 0 Å². The second-order valence-electron chi connectivity index (χ2n) is 8.90. The number of rotatable bonds is 8. The Balaban J connectivity index is 1.25. The number of nitrogens with one attached hydrogen (secondary N) is 2. The number of likely N-dealkylation sites (tertiary alicyclic amines) is 1. The minimum atomic E-state index is -0.175. The smallest absolute Gasteiger partial charge is 0.253 e. The summed E-state index contributed by atoms with van der Waals surface area (Å²) in [6.07, 6.45) is 4.29. The maximum Gasteiger partial charge on any atom is 0.253 e. The van der Waals surface area contributed by atoms with Crippen LogP contribution in [0.25, 0.3) is 0 Å². The Bertz CT molecular complexity index is 933. The Morgan fingerprint density at radius 2 is 1.82 bits per heavy atom. The average Bonchev–Trinajstić information content (AvgIpc) is 3.36. The molecule has 2 aliphatic rings. The number of nitrogens with zero attached hydrogens (tertiary/aromatic N) is 1. The SMILES string of the molecule is CC1CCN(C(=O)c2ccc(NCC(=O)Nc3ccccc3OCC3CCCO3)cc2)CC1. The molecule has 2 N–H and O–H groups in total. The van der Waals surface area contributed by atoms with Crippen LogP contribution >= 0.6 is 0 Å². The summed E-state index contributed by atoms with van der Waals surface area (Å²) in [5.74, 6) is 1.22. The second-order valence-corrected chi connectivity index (χ2v) is 8.90. The summed E-state index contributed by atoms with van der Waals surface area (Å²) in [5.41, 5.74) is 2.10. The van der Waals surface area contributed by atoms with Crippen LogP contribution < -0.4 is 15.4 Å². The molecule has 0 spiro atoms. The highest BCUT2D eigenvalue weighted by Gasteiger charge is 2.21. The van der Waals surface area contributed by atoms with Gasteiger partial charge in [0.25, 0.3) is 5.91 Å². The Morgan fingerprint density at radius 3 is 2.55 bits per heavy atom. The maximum absolute atomic E-state index is 12.7. The Labute approximate surface area is 195 Å². The van der Waals surface area contributed by atoms with Crippen molar-refractivity contribution in [1.82, 2.24) is 4.90 Å². The Kier molecular flexibility index (Phi) is 7.83. The number of benzene rings is 2. The zero-order chi connectivity index (χ0) is 23.0. The predicted molar refractivity (Wildman–Crippen MR) is 129 cm³/mol. The lowest BCUT2D eigenvalue weighted by Crippen LogP contribution is -2.37. The van der Waals surface area contributed by atoms with E-state index in [-0.39, 0.29) is 24.5 Å². The lowest BCUT2D eigenvalue weighted by atomic mass is 9.98. The van der Waals surface area contributed by atoms with Gasteiger partial charge in [0.2, 0.25) is 5.91 Å². The van der Waals surface area contributed by atoms with Crippen LogP contribution in [0, 0.1) is 5.92 Å². The highest BCUT2D eigenvalue weighted by atomic mass is 16.5. The van der Waals surface area contributed by atoms with Crippen molar-refractivity contribution in [1.29, 1.82) is 0 Å². The fraction of sp³-hybridized carbons (Fsp3) is 0.462. The fourth-order valence-electron chi connectivity index (χ4n) is 4.16. The molecular weight excluding hydrogens is 418 g/mol. The van der Waals surface area contributed by atoms with E-state index in [1.807, 2.05) is 53.4 Å². The number of ether oxygens (including phenoxy) is 2. The molecule has 0 bridgehead atoms. The summed E-state index contributed by atoms with van der Waals surface area (Å²) in [6, 6.07) is 14.7. The third-order valence-electron chi connectivity index (χ3n) is 6.27. The summed E-state index contributed by atoms with van der Waals surface area (Å²) in [5, 5.41) is 6.02. The van der Waals surface area contributed by atoms with E-state index in [2.05, 4.69) is 17.6 Å². The molecule has 2 amide bonds. The molecule has 7 nitrogen and oxygen atoms in total. The molecule has 2 aromatic rings. The number of carbonyl (C=O) groups excluding carboxylic acids is 2. The van der Waals surface area contributed by atoms with Gasteiger partial charge in [0, 0.05) is 30.9 Å². The molecule has 0 aliphatic carbocycles. The topological polar surface area (TPSA) is 79.9 Å². The largest absolute Gasteiger partial charge is 0.489 e. The van der Waals surface area contributed by atoms with Crippen molar-refractivity contribution in [3.05, 3.63) is 54.1 Å². The first-order chi connectivity index (χ1) is 16.1. The van der Waals surface area contributed by atoms with Crippen molar-refractivity contribution in [2.45, 2.75) is 38.7 Å². The van der Waals surface area contributed by atoms with Crippen LogP contribution in [0.4, 0.5) is 11.4 Å². The molecule has 1 atom stereocenters. The summed E-state index contributed by atoms with van der Waals surface area (Å²) in [7, 11) is 0. The van der Waals surface area contributed by atoms with Crippen LogP contribution in [0.1, 0.15) is 43.0 Å². The van der Waals surface area contributed by atoms with Gasteiger partial charge in [-0.15, -0.1) is 0 Å². The van der Waals surface area contributed by atoms with Gasteiger partial charge in [-0.1, -0.05) is 19.1 Å². The van der Waals surface area contributed by atoms with Crippen molar-refractivity contribution in [3.8, 4) is 5.75 Å². The molecular formula is C26H33N3O4. The van der Waals surface area contributed by atoms with E-state index in [4.69, 9.17) is 9.47 Å². The zero-order valence-corrected chi connectivity index (χ0v) is 19.2. The normalized spacial score (nSPS) is 18.7. The van der Waals surface area contributed by atoms with Gasteiger partial charge in [-0.05, 0) is 68.0 Å². The molecule has 176 valence electrons. The van der Waals surface area contributed by atoms with Gasteiger partial charge < -0.3 is 25.0 Å². The predicted octanol–water partition coefficient (Wildman–Crippen LogP) is 4.17. The van der Waals surface area contributed by atoms with E-state index in [0.29, 0.717) is 29.5 Å². The monoisotopic (exact) mass is 451 g/mol. The molecule has 0 saturated carbocycles. The van der Waals surface area contributed by atoms with Gasteiger partial charge in [0.1, 0.15) is 12.4 Å². The molecule has 4 rings (SSSR count). The lowest BCUT2D eigenvalue weighted by Gasteiger charge is -2.30. The molecule has 0 aromatic heterocycles. The second kappa shape index (κ2) is 11.2. The van der Waals surface area contributed by atoms with Crippen LogP contribution in [0.2, 0.25) is 0 Å². The number of piperidine rings is 1. The minimum absolute atomic E-state index is 0.0748. The number of anilines is 2. The number of hydrogen-bond acceptors (Lipinski definition) is 5. The Morgan fingerprint density at radius 1 is 1.06 bits per heavy atom. The summed E-state index contributed by atoms with van der Waals surface area (Å²) in [4.78, 5) is 27.1. The molecule has 2 heterocycles. The van der Waals surface area contributed by atoms with Crippen molar-refractivity contribution in [2.75, 3.05) is 43.5 Å². The molecule has 1 unspecified atom stereocenters. The first kappa shape index (κ1) is 23.1. The van der Waals surface area contributed by atoms with Crippen LogP contribution in [-0.2, 0) is 9.53 Å². The highest BCUT2D eigenvalue weighted by molar-refractivity contribution is 5.96. The zero-order valence-electron chi connectivity index (χ0n) is 19.2. The highest BCUT2D eigenvalue weighted by Crippen LogP contribution is 2.25. The van der Waals surface area contributed by atoms with Gasteiger partial charge in [-0.25, -0.2) is 0 Å². The van der Waals surface area contributed by atoms with Crippen molar-refractivity contribution < 1.29 is 19.1 Å². The van der Waals surface area contributed by atoms with E-state index >= 15 is 0 Å². The van der Waals surface area contributed by atoms with Crippen LogP contribution in [-0.4, -0.2) is 55.7 Å². The average molecular weight is 452 g/mol. The van der Waals surface area contributed by atoms with E-state index < -0.39 is 0 Å². The van der Waals surface area contributed by atoms with Crippen molar-refractivity contribution >= 4 is 23.2 Å². The molecule has 2 aliphatic heterocycles. The van der Waals surface area contributed by atoms with Gasteiger partial charge >= 0.3 is 0 Å². The molecule has 2 saturated heterocycles. The summed E-state index contributed by atoms with van der Waals surface area (Å²) >= 11 is 0.